The van der Waals surface area contributed by atoms with E-state index in [0.29, 0.717) is 5.69 Å². The predicted octanol–water partition coefficient (Wildman–Crippen LogP) is 0.212. The molecule has 1 aliphatic heterocycles. The Balaban J connectivity index is 2.36. The van der Waals surface area contributed by atoms with Crippen molar-refractivity contribution in [1.82, 2.24) is 0 Å². The van der Waals surface area contributed by atoms with Crippen LogP contribution in [-0.4, -0.2) is 24.4 Å². The highest BCUT2D eigenvalue weighted by Crippen LogP contribution is 2.27. The lowest BCUT2D eigenvalue weighted by Gasteiger charge is -2.35. The summed E-state index contributed by atoms with van der Waals surface area (Å²) in [5.74, 6) is -0.927. The number of hydrogen-bond acceptors (Lipinski definition) is 4. The normalized spacial score (nSPS) is 19.2. The second kappa shape index (κ2) is 5.17. The minimum atomic E-state index is -0.577. The predicted molar refractivity (Wildman–Crippen MR) is 73.6 cm³/mol. The minimum absolute atomic E-state index is 0.270. The quantitative estimate of drug-likeness (QED) is 0.675. The highest BCUT2D eigenvalue weighted by atomic mass is 16.1. The third-order valence-corrected chi connectivity index (χ3v) is 3.47. The van der Waals surface area contributed by atoms with Gasteiger partial charge in [0.25, 0.3) is 5.91 Å². The maximum absolute atomic E-state index is 11.5. The van der Waals surface area contributed by atoms with E-state index in [9.17, 15) is 9.59 Å². The molecular formula is C13H18N4O2. The summed E-state index contributed by atoms with van der Waals surface area (Å²) < 4.78 is 0. The SMILES string of the molecule is NC(=O)c1cc(N2CCCCC2C(N)=O)ccc1N. The Morgan fingerprint density at radius 1 is 1.21 bits per heavy atom. The number of piperidine rings is 1. The molecule has 2 amide bonds. The molecule has 0 spiro atoms. The Bertz CT molecular complexity index is 515. The van der Waals surface area contributed by atoms with Crippen molar-refractivity contribution in [3.05, 3.63) is 23.8 Å². The van der Waals surface area contributed by atoms with Gasteiger partial charge in [0.05, 0.1) is 5.56 Å². The fraction of sp³-hybridized carbons (Fsp3) is 0.385. The van der Waals surface area contributed by atoms with Gasteiger partial charge in [0.2, 0.25) is 5.91 Å². The van der Waals surface area contributed by atoms with E-state index in [1.165, 1.54) is 0 Å². The number of amides is 2. The van der Waals surface area contributed by atoms with Gasteiger partial charge in [0.1, 0.15) is 6.04 Å². The highest BCUT2D eigenvalue weighted by Gasteiger charge is 2.27. The fourth-order valence-corrected chi connectivity index (χ4v) is 2.47. The average molecular weight is 262 g/mol. The van der Waals surface area contributed by atoms with Crippen LogP contribution in [0.1, 0.15) is 29.6 Å². The second-order valence-electron chi connectivity index (χ2n) is 4.74. The minimum Gasteiger partial charge on any atom is -0.398 e. The van der Waals surface area contributed by atoms with Crippen LogP contribution in [0.3, 0.4) is 0 Å². The van der Waals surface area contributed by atoms with Gasteiger partial charge in [0.15, 0.2) is 0 Å². The van der Waals surface area contributed by atoms with Gasteiger partial charge in [-0.25, -0.2) is 0 Å². The summed E-state index contributed by atoms with van der Waals surface area (Å²) in [6, 6.07) is 4.70. The smallest absolute Gasteiger partial charge is 0.250 e. The first-order valence-corrected chi connectivity index (χ1v) is 6.26. The zero-order valence-electron chi connectivity index (χ0n) is 10.6. The van der Waals surface area contributed by atoms with E-state index in [-0.39, 0.29) is 17.5 Å². The number of nitrogen functional groups attached to an aromatic ring is 1. The zero-order chi connectivity index (χ0) is 14.0. The van der Waals surface area contributed by atoms with Crippen molar-refractivity contribution >= 4 is 23.2 Å². The van der Waals surface area contributed by atoms with Gasteiger partial charge in [-0.2, -0.15) is 0 Å². The number of benzene rings is 1. The third kappa shape index (κ3) is 2.62. The summed E-state index contributed by atoms with van der Waals surface area (Å²) in [6.07, 6.45) is 2.69. The van der Waals surface area contributed by atoms with Gasteiger partial charge in [-0.05, 0) is 37.5 Å². The van der Waals surface area contributed by atoms with E-state index >= 15 is 0 Å². The van der Waals surface area contributed by atoms with E-state index < -0.39 is 5.91 Å². The Hall–Kier alpha value is -2.24. The van der Waals surface area contributed by atoms with Gasteiger partial charge < -0.3 is 22.1 Å². The molecule has 0 radical (unpaired) electrons. The third-order valence-electron chi connectivity index (χ3n) is 3.47. The Kier molecular flexibility index (Phi) is 3.59. The summed E-state index contributed by atoms with van der Waals surface area (Å²) in [5.41, 5.74) is 17.8. The molecule has 1 atom stereocenters. The number of nitrogens with zero attached hydrogens (tertiary/aromatic N) is 1. The molecule has 6 N–H and O–H groups in total. The molecule has 1 heterocycles. The Morgan fingerprint density at radius 2 is 1.95 bits per heavy atom. The van der Waals surface area contributed by atoms with Crippen LogP contribution in [0.5, 0.6) is 0 Å². The van der Waals surface area contributed by atoms with E-state index in [4.69, 9.17) is 17.2 Å². The van der Waals surface area contributed by atoms with Crippen molar-refractivity contribution in [2.75, 3.05) is 17.2 Å². The molecule has 1 saturated heterocycles. The summed E-state index contributed by atoms with van der Waals surface area (Å²) in [4.78, 5) is 24.7. The molecule has 19 heavy (non-hydrogen) atoms. The van der Waals surface area contributed by atoms with Gasteiger partial charge in [-0.3, -0.25) is 9.59 Å². The lowest BCUT2D eigenvalue weighted by Crippen LogP contribution is -2.47. The van der Waals surface area contributed by atoms with Gasteiger partial charge in [-0.1, -0.05) is 0 Å². The van der Waals surface area contributed by atoms with E-state index in [0.717, 1.165) is 31.5 Å². The van der Waals surface area contributed by atoms with Gasteiger partial charge in [0, 0.05) is 17.9 Å². The van der Waals surface area contributed by atoms with E-state index in [2.05, 4.69) is 0 Å². The fourth-order valence-electron chi connectivity index (χ4n) is 2.47. The maximum Gasteiger partial charge on any atom is 0.250 e. The van der Waals surface area contributed by atoms with Crippen molar-refractivity contribution in [1.29, 1.82) is 0 Å². The summed E-state index contributed by atoms with van der Waals surface area (Å²) in [7, 11) is 0. The molecule has 0 saturated carbocycles. The Labute approximate surface area is 111 Å². The van der Waals surface area contributed by atoms with Crippen molar-refractivity contribution in [2.45, 2.75) is 25.3 Å². The van der Waals surface area contributed by atoms with Crippen LogP contribution in [0.25, 0.3) is 0 Å². The summed E-state index contributed by atoms with van der Waals surface area (Å²) in [5, 5.41) is 0. The standard InChI is InChI=1S/C13H18N4O2/c14-10-5-4-8(7-9(10)12(15)18)17-6-2-1-3-11(17)13(16)19/h4-5,7,11H,1-3,6,14H2,(H2,15,18)(H2,16,19). The van der Waals surface area contributed by atoms with Crippen molar-refractivity contribution < 1.29 is 9.59 Å². The second-order valence-corrected chi connectivity index (χ2v) is 4.74. The first-order valence-electron chi connectivity index (χ1n) is 6.26. The lowest BCUT2D eigenvalue weighted by molar-refractivity contribution is -0.119. The first kappa shape index (κ1) is 13.2. The first-order chi connectivity index (χ1) is 9.00. The molecule has 1 fully saturated rings. The topological polar surface area (TPSA) is 115 Å². The number of nitrogens with two attached hydrogens (primary N) is 3. The maximum atomic E-state index is 11.5. The largest absolute Gasteiger partial charge is 0.398 e. The van der Waals surface area contributed by atoms with Crippen LogP contribution in [0, 0.1) is 0 Å². The number of carbonyl (C=O) groups excluding carboxylic acids is 2. The summed E-state index contributed by atoms with van der Waals surface area (Å²) >= 11 is 0. The molecule has 2 rings (SSSR count). The molecule has 1 unspecified atom stereocenters. The van der Waals surface area contributed by atoms with E-state index in [1.807, 2.05) is 4.90 Å². The highest BCUT2D eigenvalue weighted by molar-refractivity contribution is 5.99. The number of primary amides is 2. The Morgan fingerprint density at radius 3 is 2.58 bits per heavy atom. The number of hydrogen-bond donors (Lipinski definition) is 3. The van der Waals surface area contributed by atoms with E-state index in [1.54, 1.807) is 18.2 Å². The zero-order valence-corrected chi connectivity index (χ0v) is 10.6. The molecule has 0 bridgehead atoms. The summed E-state index contributed by atoms with van der Waals surface area (Å²) in [6.45, 7) is 0.732. The molecule has 0 aromatic heterocycles. The molecule has 102 valence electrons. The van der Waals surface area contributed by atoms with Gasteiger partial charge >= 0.3 is 0 Å². The monoisotopic (exact) mass is 262 g/mol. The molecular weight excluding hydrogens is 244 g/mol. The molecule has 6 heteroatoms. The van der Waals surface area contributed by atoms with Crippen LogP contribution < -0.4 is 22.1 Å². The molecule has 1 aromatic rings. The van der Waals surface area contributed by atoms with Crippen LogP contribution >= 0.6 is 0 Å². The number of anilines is 2. The van der Waals surface area contributed by atoms with Crippen LogP contribution in [0.4, 0.5) is 11.4 Å². The van der Waals surface area contributed by atoms with Crippen LogP contribution in [0.2, 0.25) is 0 Å². The van der Waals surface area contributed by atoms with Gasteiger partial charge in [-0.15, -0.1) is 0 Å². The van der Waals surface area contributed by atoms with Crippen LogP contribution in [-0.2, 0) is 4.79 Å². The van der Waals surface area contributed by atoms with Crippen molar-refractivity contribution in [2.24, 2.45) is 11.5 Å². The average Bonchev–Trinajstić information content (AvgIpc) is 2.39. The molecule has 0 aliphatic carbocycles. The van der Waals surface area contributed by atoms with Crippen molar-refractivity contribution in [3.63, 3.8) is 0 Å². The molecule has 6 nitrogen and oxygen atoms in total. The molecule has 1 aromatic carbocycles. The van der Waals surface area contributed by atoms with Crippen LogP contribution in [0.15, 0.2) is 18.2 Å². The van der Waals surface area contributed by atoms with Crippen molar-refractivity contribution in [3.8, 4) is 0 Å². The molecule has 1 aliphatic rings. The lowest BCUT2D eigenvalue weighted by atomic mass is 10.00. The number of carbonyl (C=O) groups is 2. The number of rotatable bonds is 3.